The quantitative estimate of drug-likeness (QED) is 0.559. The highest BCUT2D eigenvalue weighted by Crippen LogP contribution is 2.34. The molecule has 0 saturated carbocycles. The van der Waals surface area contributed by atoms with Crippen LogP contribution in [0.1, 0.15) is 36.1 Å². The van der Waals surface area contributed by atoms with Gasteiger partial charge in [0.25, 0.3) is 5.91 Å². The first-order valence-corrected chi connectivity index (χ1v) is 11.5. The van der Waals surface area contributed by atoms with Crippen LogP contribution in [0.3, 0.4) is 0 Å². The van der Waals surface area contributed by atoms with Crippen molar-refractivity contribution in [3.8, 4) is 11.3 Å². The summed E-state index contributed by atoms with van der Waals surface area (Å²) in [4.78, 5) is 27.2. The van der Waals surface area contributed by atoms with Crippen molar-refractivity contribution in [2.24, 2.45) is 0 Å². The Balaban J connectivity index is 1.63. The molecule has 2 atom stereocenters. The van der Waals surface area contributed by atoms with Gasteiger partial charge >= 0.3 is 0 Å². The van der Waals surface area contributed by atoms with Crippen molar-refractivity contribution >= 4 is 17.5 Å². The highest BCUT2D eigenvalue weighted by Gasteiger charge is 2.31. The number of amides is 2. The van der Waals surface area contributed by atoms with E-state index in [9.17, 15) is 19.1 Å². The van der Waals surface area contributed by atoms with Crippen LogP contribution in [0.4, 0.5) is 10.1 Å². The molecule has 2 N–H and O–H groups in total. The van der Waals surface area contributed by atoms with Crippen LogP contribution in [0.25, 0.3) is 11.3 Å². The van der Waals surface area contributed by atoms with Crippen molar-refractivity contribution in [3.63, 3.8) is 0 Å². The summed E-state index contributed by atoms with van der Waals surface area (Å²) in [6, 6.07) is 13.5. The van der Waals surface area contributed by atoms with Crippen LogP contribution in [0, 0.1) is 19.7 Å². The predicted molar refractivity (Wildman–Crippen MR) is 132 cm³/mol. The number of nitrogens with zero attached hydrogens (tertiary/aromatic N) is 3. The second kappa shape index (κ2) is 9.84. The Bertz CT molecular complexity index is 1290. The van der Waals surface area contributed by atoms with E-state index in [-0.39, 0.29) is 24.1 Å². The van der Waals surface area contributed by atoms with Gasteiger partial charge in [-0.1, -0.05) is 24.3 Å². The SMILES string of the molecule is Cc1ccc(-c2cc(C)n(C[C@@H](C)O)n2)cc1NC(=O)C1=CN(C)C(=O)C[C@H]1c1ccc(F)cc1. The molecule has 8 heteroatoms. The highest BCUT2D eigenvalue weighted by atomic mass is 19.1. The molecule has 1 aromatic heterocycles. The molecule has 1 aliphatic heterocycles. The molecule has 0 fully saturated rings. The summed E-state index contributed by atoms with van der Waals surface area (Å²) >= 11 is 0. The predicted octanol–water partition coefficient (Wildman–Crippen LogP) is 4.16. The van der Waals surface area contributed by atoms with Gasteiger partial charge in [0.1, 0.15) is 5.82 Å². The number of carbonyl (C=O) groups excluding carboxylic acids is 2. The number of halogens is 1. The molecule has 3 aromatic rings. The van der Waals surface area contributed by atoms with E-state index in [0.717, 1.165) is 22.5 Å². The minimum Gasteiger partial charge on any atom is -0.391 e. The monoisotopic (exact) mass is 476 g/mol. The van der Waals surface area contributed by atoms with E-state index in [1.165, 1.54) is 17.0 Å². The number of nitrogens with one attached hydrogen (secondary N) is 1. The van der Waals surface area contributed by atoms with Crippen LogP contribution in [-0.2, 0) is 16.1 Å². The first-order chi connectivity index (χ1) is 16.6. The lowest BCUT2D eigenvalue weighted by Crippen LogP contribution is -2.33. The van der Waals surface area contributed by atoms with Crippen LogP contribution in [0.2, 0.25) is 0 Å². The van der Waals surface area contributed by atoms with Crippen molar-refractivity contribution in [3.05, 3.63) is 82.9 Å². The molecule has 0 saturated heterocycles. The van der Waals surface area contributed by atoms with E-state index in [1.807, 2.05) is 38.1 Å². The number of aliphatic hydroxyl groups is 1. The third-order valence-electron chi connectivity index (χ3n) is 6.21. The van der Waals surface area contributed by atoms with Crippen molar-refractivity contribution in [1.82, 2.24) is 14.7 Å². The van der Waals surface area contributed by atoms with E-state index in [0.29, 0.717) is 23.4 Å². The van der Waals surface area contributed by atoms with Crippen LogP contribution in [0.15, 0.2) is 60.3 Å². The zero-order chi connectivity index (χ0) is 25.3. The average molecular weight is 477 g/mol. The van der Waals surface area contributed by atoms with Crippen LogP contribution < -0.4 is 5.32 Å². The summed E-state index contributed by atoms with van der Waals surface area (Å²) in [6.07, 6.45) is 1.16. The van der Waals surface area contributed by atoms with Gasteiger partial charge < -0.3 is 15.3 Å². The molecule has 0 unspecified atom stereocenters. The normalized spacial score (nSPS) is 16.7. The molecule has 0 bridgehead atoms. The first kappa shape index (κ1) is 24.3. The number of benzene rings is 2. The number of hydrogen-bond acceptors (Lipinski definition) is 4. The minimum atomic E-state index is -0.517. The molecular weight excluding hydrogens is 447 g/mol. The molecule has 0 radical (unpaired) electrons. The number of aromatic nitrogens is 2. The molecule has 4 rings (SSSR count). The summed E-state index contributed by atoms with van der Waals surface area (Å²) in [5.41, 5.74) is 5.15. The second-order valence-electron chi connectivity index (χ2n) is 9.08. The van der Waals surface area contributed by atoms with Crippen LogP contribution >= 0.6 is 0 Å². The van der Waals surface area contributed by atoms with E-state index < -0.39 is 12.0 Å². The van der Waals surface area contributed by atoms with E-state index in [2.05, 4.69) is 10.4 Å². The zero-order valence-electron chi connectivity index (χ0n) is 20.2. The fourth-order valence-electron chi connectivity index (χ4n) is 4.21. The Morgan fingerprint density at radius 1 is 1.20 bits per heavy atom. The second-order valence-corrected chi connectivity index (χ2v) is 9.08. The van der Waals surface area contributed by atoms with E-state index >= 15 is 0 Å². The largest absolute Gasteiger partial charge is 0.391 e. The van der Waals surface area contributed by atoms with Gasteiger partial charge in [0.2, 0.25) is 5.91 Å². The third-order valence-corrected chi connectivity index (χ3v) is 6.21. The van der Waals surface area contributed by atoms with Crippen LogP contribution in [-0.4, -0.2) is 44.8 Å². The molecule has 35 heavy (non-hydrogen) atoms. The summed E-state index contributed by atoms with van der Waals surface area (Å²) < 4.78 is 15.2. The highest BCUT2D eigenvalue weighted by molar-refractivity contribution is 6.07. The van der Waals surface area contributed by atoms with Crippen LogP contribution in [0.5, 0.6) is 0 Å². The number of aliphatic hydroxyl groups excluding tert-OH is 1. The molecule has 2 aromatic carbocycles. The number of rotatable bonds is 6. The fraction of sp³-hybridized carbons (Fsp3) is 0.296. The lowest BCUT2D eigenvalue weighted by molar-refractivity contribution is -0.128. The Morgan fingerprint density at radius 2 is 1.91 bits per heavy atom. The molecule has 2 amide bonds. The van der Waals surface area contributed by atoms with Crippen molar-refractivity contribution in [2.45, 2.75) is 45.8 Å². The Kier molecular flexibility index (Phi) is 6.84. The molecule has 0 spiro atoms. The standard InChI is InChI=1S/C27H29FN4O3/c1-16-5-6-20(25-11-17(2)32(30-25)14-18(3)33)12-24(16)29-27(35)23-15-31(4)26(34)13-22(23)19-7-9-21(28)10-8-19/h5-12,15,18,22,33H,13-14H2,1-4H3,(H,29,35)/t18-,22+/m1/s1. The Morgan fingerprint density at radius 3 is 2.60 bits per heavy atom. The lowest BCUT2D eigenvalue weighted by atomic mass is 9.85. The summed E-state index contributed by atoms with van der Waals surface area (Å²) in [7, 11) is 1.62. The van der Waals surface area contributed by atoms with Gasteiger partial charge in [0.05, 0.1) is 18.3 Å². The maximum atomic E-state index is 13.5. The number of carbonyl (C=O) groups is 2. The molecule has 0 aliphatic carbocycles. The minimum absolute atomic E-state index is 0.114. The molecular formula is C27H29FN4O3. The van der Waals surface area contributed by atoms with Gasteiger partial charge in [-0.05, 0) is 56.2 Å². The summed E-state index contributed by atoms with van der Waals surface area (Å²) in [5, 5.41) is 17.3. The van der Waals surface area contributed by atoms with Gasteiger partial charge in [-0.15, -0.1) is 0 Å². The smallest absolute Gasteiger partial charge is 0.253 e. The van der Waals surface area contributed by atoms with Crippen molar-refractivity contribution < 1.29 is 19.1 Å². The van der Waals surface area contributed by atoms with Crippen molar-refractivity contribution in [2.75, 3.05) is 12.4 Å². The maximum absolute atomic E-state index is 13.5. The van der Waals surface area contributed by atoms with E-state index in [4.69, 9.17) is 0 Å². The number of aryl methyl sites for hydroxylation is 2. The van der Waals surface area contributed by atoms with E-state index in [1.54, 1.807) is 37.0 Å². The molecule has 182 valence electrons. The zero-order valence-corrected chi connectivity index (χ0v) is 20.2. The molecule has 7 nitrogen and oxygen atoms in total. The van der Waals surface area contributed by atoms with Gasteiger partial charge in [-0.2, -0.15) is 5.10 Å². The number of anilines is 1. The maximum Gasteiger partial charge on any atom is 0.253 e. The van der Waals surface area contributed by atoms with Gasteiger partial charge in [-0.3, -0.25) is 14.3 Å². The lowest BCUT2D eigenvalue weighted by Gasteiger charge is -2.28. The number of hydrogen-bond donors (Lipinski definition) is 2. The van der Waals surface area contributed by atoms with Gasteiger partial charge in [-0.25, -0.2) is 4.39 Å². The van der Waals surface area contributed by atoms with Crippen molar-refractivity contribution in [1.29, 1.82) is 0 Å². The Hall–Kier alpha value is -3.78. The van der Waals surface area contributed by atoms with Gasteiger partial charge in [0.15, 0.2) is 0 Å². The topological polar surface area (TPSA) is 87.5 Å². The van der Waals surface area contributed by atoms with Gasteiger partial charge in [0, 0.05) is 48.1 Å². The molecule has 2 heterocycles. The summed E-state index contributed by atoms with van der Waals surface area (Å²) in [5.74, 6) is -1.28. The molecule has 1 aliphatic rings. The summed E-state index contributed by atoms with van der Waals surface area (Å²) in [6.45, 7) is 5.94. The third kappa shape index (κ3) is 5.33. The fourth-order valence-corrected chi connectivity index (χ4v) is 4.21. The average Bonchev–Trinajstić information content (AvgIpc) is 3.16. The first-order valence-electron chi connectivity index (χ1n) is 11.5. The Labute approximate surface area is 203 Å².